The Morgan fingerprint density at radius 2 is 1.84 bits per heavy atom. The summed E-state index contributed by atoms with van der Waals surface area (Å²) >= 11 is 0. The molecule has 1 fully saturated rings. The third-order valence-corrected chi connectivity index (χ3v) is 5.40. The van der Waals surface area contributed by atoms with E-state index in [4.69, 9.17) is 9.26 Å². The Bertz CT molecular complexity index is 1010. The summed E-state index contributed by atoms with van der Waals surface area (Å²) in [6, 6.07) is 11.8. The van der Waals surface area contributed by atoms with Gasteiger partial charge in [-0.2, -0.15) is 4.98 Å². The molecule has 1 aliphatic rings. The van der Waals surface area contributed by atoms with E-state index in [0.717, 1.165) is 30.2 Å². The van der Waals surface area contributed by atoms with Crippen LogP contribution in [0.25, 0.3) is 11.4 Å². The van der Waals surface area contributed by atoms with Crippen LogP contribution in [-0.2, 0) is 4.79 Å². The van der Waals surface area contributed by atoms with Gasteiger partial charge >= 0.3 is 0 Å². The number of pyridine rings is 1. The standard InChI is InChI=1S/C23H27N5O3/c1-16(2)18-4-7-20(8-5-18)30-15-22(29)28-12-10-27(11-13-28)21-9-6-19(14-24-21)23-25-17(3)31-26-23/h4-9,14,16H,10-13,15H2,1-3H3. The second-order valence-electron chi connectivity index (χ2n) is 7.92. The predicted molar refractivity (Wildman–Crippen MR) is 117 cm³/mol. The van der Waals surface area contributed by atoms with E-state index < -0.39 is 0 Å². The van der Waals surface area contributed by atoms with Crippen LogP contribution in [0.2, 0.25) is 0 Å². The highest BCUT2D eigenvalue weighted by Crippen LogP contribution is 2.20. The van der Waals surface area contributed by atoms with Gasteiger partial charge in [0.1, 0.15) is 11.6 Å². The predicted octanol–water partition coefficient (Wildman–Crippen LogP) is 3.29. The Hall–Kier alpha value is -3.42. The molecule has 0 aliphatic carbocycles. The molecule has 3 aromatic rings. The van der Waals surface area contributed by atoms with Gasteiger partial charge in [-0.05, 0) is 35.7 Å². The first-order valence-electron chi connectivity index (χ1n) is 10.5. The fourth-order valence-electron chi connectivity index (χ4n) is 3.49. The van der Waals surface area contributed by atoms with Gasteiger partial charge in [0.2, 0.25) is 11.7 Å². The molecule has 3 heterocycles. The molecule has 1 saturated heterocycles. The fraction of sp³-hybridized carbons (Fsp3) is 0.391. The Morgan fingerprint density at radius 1 is 1.10 bits per heavy atom. The molecule has 8 nitrogen and oxygen atoms in total. The van der Waals surface area contributed by atoms with Gasteiger partial charge < -0.3 is 19.1 Å². The van der Waals surface area contributed by atoms with Gasteiger partial charge in [-0.3, -0.25) is 4.79 Å². The van der Waals surface area contributed by atoms with Crippen molar-refractivity contribution in [2.75, 3.05) is 37.7 Å². The highest BCUT2D eigenvalue weighted by Gasteiger charge is 2.22. The third kappa shape index (κ3) is 5.02. The average molecular weight is 422 g/mol. The molecular weight excluding hydrogens is 394 g/mol. The number of carbonyl (C=O) groups excluding carboxylic acids is 1. The quantitative estimate of drug-likeness (QED) is 0.604. The van der Waals surface area contributed by atoms with Gasteiger partial charge in [-0.1, -0.05) is 31.1 Å². The van der Waals surface area contributed by atoms with Crippen molar-refractivity contribution < 1.29 is 14.1 Å². The number of nitrogens with zero attached hydrogens (tertiary/aromatic N) is 5. The summed E-state index contributed by atoms with van der Waals surface area (Å²) < 4.78 is 10.7. The number of piperazine rings is 1. The molecule has 1 aromatic carbocycles. The van der Waals surface area contributed by atoms with Crippen LogP contribution >= 0.6 is 0 Å². The molecule has 0 atom stereocenters. The summed E-state index contributed by atoms with van der Waals surface area (Å²) in [6.07, 6.45) is 1.75. The van der Waals surface area contributed by atoms with Crippen LogP contribution in [0, 0.1) is 6.92 Å². The van der Waals surface area contributed by atoms with Gasteiger partial charge in [-0.15, -0.1) is 0 Å². The van der Waals surface area contributed by atoms with Gasteiger partial charge in [-0.25, -0.2) is 4.98 Å². The van der Waals surface area contributed by atoms with Crippen molar-refractivity contribution in [1.82, 2.24) is 20.0 Å². The second-order valence-corrected chi connectivity index (χ2v) is 7.92. The van der Waals surface area contributed by atoms with Crippen LogP contribution in [0.3, 0.4) is 0 Å². The van der Waals surface area contributed by atoms with Crippen molar-refractivity contribution in [3.63, 3.8) is 0 Å². The van der Waals surface area contributed by atoms with E-state index in [1.165, 1.54) is 5.56 Å². The molecule has 4 rings (SSSR count). The fourth-order valence-corrected chi connectivity index (χ4v) is 3.49. The summed E-state index contributed by atoms with van der Waals surface area (Å²) in [7, 11) is 0. The van der Waals surface area contributed by atoms with Crippen molar-refractivity contribution in [1.29, 1.82) is 0 Å². The van der Waals surface area contributed by atoms with E-state index in [1.54, 1.807) is 13.1 Å². The van der Waals surface area contributed by atoms with Crippen molar-refractivity contribution in [3.05, 3.63) is 54.0 Å². The number of benzene rings is 1. The Kier molecular flexibility index (Phi) is 6.16. The molecule has 1 aliphatic heterocycles. The van der Waals surface area contributed by atoms with E-state index in [1.807, 2.05) is 41.3 Å². The minimum atomic E-state index is 0.00312. The Labute approximate surface area is 181 Å². The molecule has 162 valence electrons. The largest absolute Gasteiger partial charge is 0.484 e. The lowest BCUT2D eigenvalue weighted by Crippen LogP contribution is -2.50. The van der Waals surface area contributed by atoms with Crippen LogP contribution in [-0.4, -0.2) is 58.7 Å². The number of ether oxygens (including phenoxy) is 1. The van der Waals surface area contributed by atoms with E-state index >= 15 is 0 Å². The number of rotatable bonds is 6. The topological polar surface area (TPSA) is 84.6 Å². The van der Waals surface area contributed by atoms with Gasteiger partial charge in [0, 0.05) is 44.9 Å². The van der Waals surface area contributed by atoms with Crippen molar-refractivity contribution in [2.45, 2.75) is 26.7 Å². The molecule has 0 unspecified atom stereocenters. The molecule has 0 N–H and O–H groups in total. The van der Waals surface area contributed by atoms with Gasteiger partial charge in [0.05, 0.1) is 0 Å². The summed E-state index contributed by atoms with van der Waals surface area (Å²) in [5.74, 6) is 3.13. The van der Waals surface area contributed by atoms with E-state index in [0.29, 0.717) is 30.7 Å². The molecule has 2 aromatic heterocycles. The van der Waals surface area contributed by atoms with E-state index in [9.17, 15) is 4.79 Å². The number of anilines is 1. The molecule has 1 amide bonds. The van der Waals surface area contributed by atoms with Crippen molar-refractivity contribution in [2.24, 2.45) is 0 Å². The Morgan fingerprint density at radius 3 is 2.42 bits per heavy atom. The van der Waals surface area contributed by atoms with Crippen LogP contribution < -0.4 is 9.64 Å². The average Bonchev–Trinajstić information content (AvgIpc) is 3.24. The maximum absolute atomic E-state index is 12.5. The number of hydrogen-bond acceptors (Lipinski definition) is 7. The van der Waals surface area contributed by atoms with Crippen LogP contribution in [0.1, 0.15) is 31.2 Å². The summed E-state index contributed by atoms with van der Waals surface area (Å²) in [5.41, 5.74) is 2.07. The van der Waals surface area contributed by atoms with Gasteiger partial charge in [0.15, 0.2) is 6.61 Å². The van der Waals surface area contributed by atoms with Crippen molar-refractivity contribution >= 4 is 11.7 Å². The number of aromatic nitrogens is 3. The molecule has 31 heavy (non-hydrogen) atoms. The molecular formula is C23H27N5O3. The lowest BCUT2D eigenvalue weighted by Gasteiger charge is -2.35. The number of amides is 1. The molecule has 0 radical (unpaired) electrons. The maximum Gasteiger partial charge on any atom is 0.260 e. The van der Waals surface area contributed by atoms with Gasteiger partial charge in [0.25, 0.3) is 5.91 Å². The summed E-state index contributed by atoms with van der Waals surface area (Å²) in [4.78, 5) is 25.3. The zero-order valence-electron chi connectivity index (χ0n) is 18.1. The van der Waals surface area contributed by atoms with E-state index in [2.05, 4.69) is 33.9 Å². The SMILES string of the molecule is Cc1nc(-c2ccc(N3CCN(C(=O)COc4ccc(C(C)C)cc4)CC3)nc2)no1. The smallest absolute Gasteiger partial charge is 0.260 e. The van der Waals surface area contributed by atoms with Crippen molar-refractivity contribution in [3.8, 4) is 17.1 Å². The summed E-state index contributed by atoms with van der Waals surface area (Å²) in [6.45, 7) is 8.84. The lowest BCUT2D eigenvalue weighted by molar-refractivity contribution is -0.133. The number of aryl methyl sites for hydroxylation is 1. The molecule has 0 bridgehead atoms. The molecule has 0 spiro atoms. The van der Waals surface area contributed by atoms with Crippen LogP contribution in [0.5, 0.6) is 5.75 Å². The second kappa shape index (κ2) is 9.16. The number of hydrogen-bond donors (Lipinski definition) is 0. The first kappa shape index (κ1) is 20.8. The van der Waals surface area contributed by atoms with E-state index in [-0.39, 0.29) is 12.5 Å². The zero-order chi connectivity index (χ0) is 21.8. The minimum absolute atomic E-state index is 0.00312. The first-order valence-corrected chi connectivity index (χ1v) is 10.5. The maximum atomic E-state index is 12.5. The zero-order valence-corrected chi connectivity index (χ0v) is 18.1. The molecule has 0 saturated carbocycles. The number of carbonyl (C=O) groups is 1. The Balaban J connectivity index is 1.26. The van der Waals surface area contributed by atoms with Crippen LogP contribution in [0.4, 0.5) is 5.82 Å². The third-order valence-electron chi connectivity index (χ3n) is 5.40. The highest BCUT2D eigenvalue weighted by molar-refractivity contribution is 5.78. The van der Waals surface area contributed by atoms with Crippen LogP contribution in [0.15, 0.2) is 47.1 Å². The minimum Gasteiger partial charge on any atom is -0.484 e. The molecule has 8 heteroatoms. The normalized spacial score (nSPS) is 14.2. The summed E-state index contributed by atoms with van der Waals surface area (Å²) in [5, 5.41) is 3.91. The first-order chi connectivity index (χ1) is 15.0. The monoisotopic (exact) mass is 421 g/mol. The lowest BCUT2D eigenvalue weighted by atomic mass is 10.0. The highest BCUT2D eigenvalue weighted by atomic mass is 16.5.